The Morgan fingerprint density at radius 2 is 2.12 bits per heavy atom. The number of alkyl halides is 1. The summed E-state index contributed by atoms with van der Waals surface area (Å²) in [5.41, 5.74) is 0.901. The molecule has 3 heterocycles. The van der Waals surface area contributed by atoms with Gasteiger partial charge in [0.2, 0.25) is 5.28 Å². The summed E-state index contributed by atoms with van der Waals surface area (Å²) >= 11 is 7.69. The molecule has 0 unspecified atom stereocenters. The van der Waals surface area contributed by atoms with Crippen LogP contribution in [0, 0.1) is 0 Å². The van der Waals surface area contributed by atoms with Crippen LogP contribution in [0.4, 0.5) is 4.39 Å². The maximum atomic E-state index is 14.4. The lowest BCUT2D eigenvalue weighted by atomic mass is 10.1. The van der Waals surface area contributed by atoms with Crippen LogP contribution in [0.25, 0.3) is 11.2 Å². The van der Waals surface area contributed by atoms with Crippen molar-refractivity contribution in [1.29, 1.82) is 0 Å². The summed E-state index contributed by atoms with van der Waals surface area (Å²) in [7, 11) is 0. The fourth-order valence-electron chi connectivity index (χ4n) is 3.38. The molecular weight excluding hydrogens is 371 g/mol. The Labute approximate surface area is 152 Å². The third-order valence-electron chi connectivity index (χ3n) is 4.69. The lowest BCUT2D eigenvalue weighted by Gasteiger charge is -2.15. The zero-order chi connectivity index (χ0) is 17.6. The van der Waals surface area contributed by atoms with Gasteiger partial charge < -0.3 is 14.9 Å². The van der Waals surface area contributed by atoms with Gasteiger partial charge in [-0.1, -0.05) is 12.8 Å². The third kappa shape index (κ3) is 3.12. The summed E-state index contributed by atoms with van der Waals surface area (Å²) in [6.07, 6.45) is 0.856. The van der Waals surface area contributed by atoms with Crippen LogP contribution in [0.15, 0.2) is 11.4 Å². The maximum absolute atomic E-state index is 14.4. The number of halogens is 2. The molecule has 1 aliphatic carbocycles. The first-order chi connectivity index (χ1) is 12.1. The highest BCUT2D eigenvalue weighted by Gasteiger charge is 2.45. The monoisotopic (exact) mass is 388 g/mol. The van der Waals surface area contributed by atoms with Crippen LogP contribution in [0.5, 0.6) is 0 Å². The number of hydrogen-bond donors (Lipinski definition) is 2. The number of aliphatic hydroxyl groups is 2. The first-order valence-corrected chi connectivity index (χ1v) is 9.49. The van der Waals surface area contributed by atoms with Crippen molar-refractivity contribution in [3.63, 3.8) is 0 Å². The van der Waals surface area contributed by atoms with Gasteiger partial charge in [-0.05, 0) is 24.4 Å². The predicted octanol–water partition coefficient (Wildman–Crippen LogP) is 2.10. The van der Waals surface area contributed by atoms with E-state index in [2.05, 4.69) is 15.0 Å². The van der Waals surface area contributed by atoms with Gasteiger partial charge in [-0.2, -0.15) is 4.98 Å². The summed E-state index contributed by atoms with van der Waals surface area (Å²) < 4.78 is 21.3. The molecule has 0 amide bonds. The molecule has 0 bridgehead atoms. The van der Waals surface area contributed by atoms with Gasteiger partial charge in [-0.25, -0.2) is 14.4 Å². The molecule has 2 aromatic heterocycles. The van der Waals surface area contributed by atoms with Gasteiger partial charge in [0.25, 0.3) is 0 Å². The SMILES string of the molecule is OC[C@H]1O[C@@H](n2cnc3c(SC4CCCC4)nc(Cl)nc32)[C@@H](F)[C@@H]1O. The molecular formula is C15H18ClFN4O3S. The fraction of sp³-hybridized carbons (Fsp3) is 0.667. The van der Waals surface area contributed by atoms with Crippen molar-refractivity contribution < 1.29 is 19.3 Å². The zero-order valence-corrected chi connectivity index (χ0v) is 14.8. The van der Waals surface area contributed by atoms with E-state index < -0.39 is 31.2 Å². The molecule has 136 valence electrons. The Bertz CT molecular complexity index is 773. The molecule has 25 heavy (non-hydrogen) atoms. The van der Waals surface area contributed by atoms with Crippen molar-refractivity contribution in [2.45, 2.75) is 60.6 Å². The highest BCUT2D eigenvalue weighted by Crippen LogP contribution is 2.38. The average Bonchev–Trinajstić information content (AvgIpc) is 3.29. The minimum absolute atomic E-state index is 0.0578. The number of aromatic nitrogens is 4. The van der Waals surface area contributed by atoms with Gasteiger partial charge in [-0.3, -0.25) is 4.57 Å². The quantitative estimate of drug-likeness (QED) is 0.612. The number of fused-ring (bicyclic) bond motifs is 1. The van der Waals surface area contributed by atoms with Gasteiger partial charge in [0.1, 0.15) is 22.8 Å². The Morgan fingerprint density at radius 3 is 2.80 bits per heavy atom. The highest BCUT2D eigenvalue weighted by atomic mass is 35.5. The third-order valence-corrected chi connectivity index (χ3v) is 6.17. The summed E-state index contributed by atoms with van der Waals surface area (Å²) in [5.74, 6) is 0. The van der Waals surface area contributed by atoms with Gasteiger partial charge in [-0.15, -0.1) is 11.8 Å². The Hall–Kier alpha value is -1.00. The number of aliphatic hydroxyl groups excluding tert-OH is 2. The molecule has 2 aliphatic rings. The van der Waals surface area contributed by atoms with Crippen LogP contribution in [0.2, 0.25) is 5.28 Å². The second-order valence-corrected chi connectivity index (χ2v) is 7.96. The molecule has 1 saturated carbocycles. The average molecular weight is 389 g/mol. The summed E-state index contributed by atoms with van der Waals surface area (Å²) in [6.45, 7) is -0.469. The van der Waals surface area contributed by atoms with Gasteiger partial charge in [0.15, 0.2) is 18.0 Å². The number of nitrogens with zero attached hydrogens (tertiary/aromatic N) is 4. The first-order valence-electron chi connectivity index (χ1n) is 8.23. The second-order valence-electron chi connectivity index (χ2n) is 6.33. The molecule has 7 nitrogen and oxygen atoms in total. The minimum atomic E-state index is -1.70. The van der Waals surface area contributed by atoms with Crippen molar-refractivity contribution >= 4 is 34.5 Å². The van der Waals surface area contributed by atoms with E-state index in [0.29, 0.717) is 21.4 Å². The molecule has 0 radical (unpaired) electrons. The summed E-state index contributed by atoms with van der Waals surface area (Å²) in [4.78, 5) is 12.8. The molecule has 0 spiro atoms. The Morgan fingerprint density at radius 1 is 1.36 bits per heavy atom. The second kappa shape index (κ2) is 6.96. The first kappa shape index (κ1) is 17.4. The van der Waals surface area contributed by atoms with Gasteiger partial charge >= 0.3 is 0 Å². The van der Waals surface area contributed by atoms with E-state index in [9.17, 15) is 14.6 Å². The predicted molar refractivity (Wildman–Crippen MR) is 90.3 cm³/mol. The van der Waals surface area contributed by atoms with Gasteiger partial charge in [0.05, 0.1) is 12.9 Å². The summed E-state index contributed by atoms with van der Waals surface area (Å²) in [5, 5.41) is 20.2. The van der Waals surface area contributed by atoms with Crippen molar-refractivity contribution in [3.05, 3.63) is 11.6 Å². The van der Waals surface area contributed by atoms with Crippen LogP contribution < -0.4 is 0 Å². The number of ether oxygens (including phenoxy) is 1. The van der Waals surface area contributed by atoms with Crippen LogP contribution in [0.3, 0.4) is 0 Å². The normalized spacial score (nSPS) is 30.6. The van der Waals surface area contributed by atoms with E-state index in [1.54, 1.807) is 11.8 Å². The molecule has 1 aliphatic heterocycles. The standard InChI is InChI=1S/C15H18ClFN4O3S/c16-15-19-12-10(13(20-15)25-7-3-1-2-4-7)18-6-21(12)14-9(17)11(23)8(5-22)24-14/h6-9,11,14,22-23H,1-5H2/t8-,9+,11-,14-/m1/s1. The number of thioether (sulfide) groups is 1. The number of rotatable bonds is 4. The van der Waals surface area contributed by atoms with Crippen LogP contribution in [0.1, 0.15) is 31.9 Å². The minimum Gasteiger partial charge on any atom is -0.394 e. The van der Waals surface area contributed by atoms with E-state index in [0.717, 1.165) is 12.8 Å². The smallest absolute Gasteiger partial charge is 0.225 e. The number of imidazole rings is 1. The van der Waals surface area contributed by atoms with Crippen molar-refractivity contribution in [1.82, 2.24) is 19.5 Å². The Balaban J connectivity index is 1.70. The van der Waals surface area contributed by atoms with Crippen molar-refractivity contribution in [2.75, 3.05) is 6.61 Å². The molecule has 1 saturated heterocycles. The van der Waals surface area contributed by atoms with E-state index in [4.69, 9.17) is 16.3 Å². The molecule has 2 N–H and O–H groups in total. The maximum Gasteiger partial charge on any atom is 0.225 e. The van der Waals surface area contributed by atoms with Crippen LogP contribution in [-0.2, 0) is 4.74 Å². The van der Waals surface area contributed by atoms with Gasteiger partial charge in [0, 0.05) is 5.25 Å². The zero-order valence-electron chi connectivity index (χ0n) is 13.3. The molecule has 2 aromatic rings. The van der Waals surface area contributed by atoms with E-state index in [-0.39, 0.29) is 5.28 Å². The molecule has 4 rings (SSSR count). The molecule has 2 fully saturated rings. The number of hydrogen-bond acceptors (Lipinski definition) is 7. The fourth-order valence-corrected chi connectivity index (χ4v) is 4.87. The van der Waals surface area contributed by atoms with Crippen LogP contribution >= 0.6 is 23.4 Å². The largest absolute Gasteiger partial charge is 0.394 e. The van der Waals surface area contributed by atoms with E-state index >= 15 is 0 Å². The van der Waals surface area contributed by atoms with Crippen molar-refractivity contribution in [2.24, 2.45) is 0 Å². The van der Waals surface area contributed by atoms with Crippen LogP contribution in [-0.4, -0.2) is 60.0 Å². The highest BCUT2D eigenvalue weighted by molar-refractivity contribution is 8.00. The van der Waals surface area contributed by atoms with Crippen molar-refractivity contribution in [3.8, 4) is 0 Å². The lowest BCUT2D eigenvalue weighted by Crippen LogP contribution is -2.30. The molecule has 4 atom stereocenters. The molecule has 10 heteroatoms. The Kier molecular flexibility index (Phi) is 4.85. The summed E-state index contributed by atoms with van der Waals surface area (Å²) in [6, 6.07) is 0. The topological polar surface area (TPSA) is 93.3 Å². The van der Waals surface area contributed by atoms with E-state index in [1.165, 1.54) is 23.7 Å². The van der Waals surface area contributed by atoms with E-state index in [1.807, 2.05) is 0 Å². The molecule has 0 aromatic carbocycles. The lowest BCUT2D eigenvalue weighted by molar-refractivity contribution is -0.0459.